The van der Waals surface area contributed by atoms with Crippen LogP contribution in [-0.4, -0.2) is 27.5 Å². The molecule has 2 rings (SSSR count). The predicted molar refractivity (Wildman–Crippen MR) is 93.7 cm³/mol. The molecule has 1 aliphatic rings. The van der Waals surface area contributed by atoms with Gasteiger partial charge in [0.05, 0.1) is 22.0 Å². The van der Waals surface area contributed by atoms with E-state index in [0.717, 1.165) is 17.7 Å². The van der Waals surface area contributed by atoms with Crippen LogP contribution in [0, 0.1) is 5.92 Å². The van der Waals surface area contributed by atoms with Crippen molar-refractivity contribution >= 4 is 22.6 Å². The first-order valence-corrected chi connectivity index (χ1v) is 8.91. The largest absolute Gasteiger partial charge is 0.475 e. The highest BCUT2D eigenvalue weighted by Crippen LogP contribution is 2.24. The van der Waals surface area contributed by atoms with E-state index in [1.165, 1.54) is 0 Å². The summed E-state index contributed by atoms with van der Waals surface area (Å²) in [7, 11) is -1.18. The van der Waals surface area contributed by atoms with Crippen molar-refractivity contribution in [3.05, 3.63) is 29.8 Å². The molecular weight excluding hydrogens is 296 g/mol. The molecule has 5 heteroatoms. The first kappa shape index (κ1) is 17.0. The SMILES string of the molecule is CC(C)C[C@@H]1COC(c2ccccc2NS(=O)C(C)(C)C)=N1. The summed E-state index contributed by atoms with van der Waals surface area (Å²) in [6, 6.07) is 7.96. The second-order valence-electron chi connectivity index (χ2n) is 7.06. The molecular formula is C17H26N2O2S. The highest BCUT2D eigenvalue weighted by atomic mass is 32.2. The van der Waals surface area contributed by atoms with Crippen LogP contribution in [0.1, 0.15) is 46.6 Å². The van der Waals surface area contributed by atoms with Crippen molar-refractivity contribution in [2.24, 2.45) is 10.9 Å². The van der Waals surface area contributed by atoms with Gasteiger partial charge in [0, 0.05) is 0 Å². The topological polar surface area (TPSA) is 50.7 Å². The van der Waals surface area contributed by atoms with Gasteiger partial charge in [0.2, 0.25) is 5.90 Å². The summed E-state index contributed by atoms with van der Waals surface area (Å²) in [4.78, 5) is 4.68. The monoisotopic (exact) mass is 322 g/mol. The number of aliphatic imine (C=N–C) groups is 1. The molecule has 1 aromatic carbocycles. The zero-order valence-corrected chi connectivity index (χ0v) is 14.9. The lowest BCUT2D eigenvalue weighted by Gasteiger charge is -2.20. The fourth-order valence-corrected chi connectivity index (χ4v) is 2.92. The second kappa shape index (κ2) is 6.82. The Labute approximate surface area is 136 Å². The van der Waals surface area contributed by atoms with Gasteiger partial charge in [-0.25, -0.2) is 9.20 Å². The molecule has 122 valence electrons. The molecule has 0 aromatic heterocycles. The number of anilines is 1. The van der Waals surface area contributed by atoms with Crippen LogP contribution in [0.4, 0.5) is 5.69 Å². The summed E-state index contributed by atoms with van der Waals surface area (Å²) >= 11 is 0. The van der Waals surface area contributed by atoms with Crippen LogP contribution >= 0.6 is 0 Å². The van der Waals surface area contributed by atoms with E-state index in [-0.39, 0.29) is 10.8 Å². The van der Waals surface area contributed by atoms with Crippen molar-refractivity contribution in [1.82, 2.24) is 0 Å². The predicted octanol–water partition coefficient (Wildman–Crippen LogP) is 3.75. The van der Waals surface area contributed by atoms with Gasteiger partial charge < -0.3 is 9.46 Å². The second-order valence-corrected chi connectivity index (χ2v) is 9.02. The number of rotatable bonds is 5. The molecule has 2 atom stereocenters. The minimum absolute atomic E-state index is 0.219. The normalized spacial score (nSPS) is 19.7. The number of ether oxygens (including phenoxy) is 1. The third-order valence-corrected chi connectivity index (χ3v) is 4.89. The number of para-hydroxylation sites is 1. The number of nitrogens with zero attached hydrogens (tertiary/aromatic N) is 1. The summed E-state index contributed by atoms with van der Waals surface area (Å²) in [5.74, 6) is 1.25. The van der Waals surface area contributed by atoms with E-state index in [2.05, 4.69) is 23.6 Å². The molecule has 0 saturated heterocycles. The molecule has 0 saturated carbocycles. The summed E-state index contributed by atoms with van der Waals surface area (Å²) in [5.41, 5.74) is 1.69. The smallest absolute Gasteiger partial charge is 0.218 e. The van der Waals surface area contributed by atoms with Crippen LogP contribution in [0.3, 0.4) is 0 Å². The molecule has 4 nitrogen and oxygen atoms in total. The van der Waals surface area contributed by atoms with E-state index in [1.807, 2.05) is 45.0 Å². The van der Waals surface area contributed by atoms with Crippen LogP contribution in [0.15, 0.2) is 29.3 Å². The molecule has 1 aromatic rings. The quantitative estimate of drug-likeness (QED) is 0.897. The van der Waals surface area contributed by atoms with Crippen LogP contribution < -0.4 is 4.72 Å². The minimum Gasteiger partial charge on any atom is -0.475 e. The first-order valence-electron chi connectivity index (χ1n) is 7.76. The van der Waals surface area contributed by atoms with Crippen molar-refractivity contribution in [2.75, 3.05) is 11.3 Å². The maximum atomic E-state index is 12.3. The molecule has 1 N–H and O–H groups in total. The maximum Gasteiger partial charge on any atom is 0.218 e. The summed E-state index contributed by atoms with van der Waals surface area (Å²) in [5, 5.41) is 0. The molecule has 0 amide bonds. The molecule has 1 heterocycles. The van der Waals surface area contributed by atoms with E-state index in [4.69, 9.17) is 4.74 Å². The van der Waals surface area contributed by atoms with Gasteiger partial charge in [0.1, 0.15) is 17.6 Å². The van der Waals surface area contributed by atoms with Crippen molar-refractivity contribution in [1.29, 1.82) is 0 Å². The van der Waals surface area contributed by atoms with Crippen molar-refractivity contribution in [3.63, 3.8) is 0 Å². The molecule has 0 spiro atoms. The summed E-state index contributed by atoms with van der Waals surface area (Å²) in [6.45, 7) is 10.8. The van der Waals surface area contributed by atoms with Crippen molar-refractivity contribution in [2.45, 2.75) is 51.8 Å². The lowest BCUT2D eigenvalue weighted by atomic mass is 10.1. The number of nitrogens with one attached hydrogen (secondary N) is 1. The third-order valence-electron chi connectivity index (χ3n) is 3.37. The third kappa shape index (κ3) is 4.32. The van der Waals surface area contributed by atoms with E-state index in [0.29, 0.717) is 18.4 Å². The summed E-state index contributed by atoms with van der Waals surface area (Å²) < 4.78 is 20.9. The van der Waals surface area contributed by atoms with Crippen LogP contribution in [0.25, 0.3) is 0 Å². The van der Waals surface area contributed by atoms with Crippen LogP contribution in [0.5, 0.6) is 0 Å². The number of benzene rings is 1. The van der Waals surface area contributed by atoms with Gasteiger partial charge in [-0.3, -0.25) is 0 Å². The maximum absolute atomic E-state index is 12.3. The Hall–Kier alpha value is -1.36. The standard InChI is InChI=1S/C17H26N2O2S/c1-12(2)10-13-11-21-16(18-13)14-8-6-7-9-15(14)19-22(20)17(3,4)5/h6-9,12-13,19H,10-11H2,1-5H3/t13-,22?/m1/s1. The first-order chi connectivity index (χ1) is 10.3. The Morgan fingerprint density at radius 1 is 1.36 bits per heavy atom. The minimum atomic E-state index is -1.18. The summed E-state index contributed by atoms with van der Waals surface area (Å²) in [6.07, 6.45) is 1.02. The van der Waals surface area contributed by atoms with Gasteiger partial charge in [0.25, 0.3) is 0 Å². The van der Waals surface area contributed by atoms with Gasteiger partial charge in [-0.2, -0.15) is 0 Å². The van der Waals surface area contributed by atoms with Gasteiger partial charge >= 0.3 is 0 Å². The van der Waals surface area contributed by atoms with Gasteiger partial charge in [-0.15, -0.1) is 0 Å². The fraction of sp³-hybridized carbons (Fsp3) is 0.588. The van der Waals surface area contributed by atoms with Crippen LogP contribution in [0.2, 0.25) is 0 Å². The Balaban J connectivity index is 2.21. The zero-order chi connectivity index (χ0) is 16.3. The zero-order valence-electron chi connectivity index (χ0n) is 14.1. The van der Waals surface area contributed by atoms with E-state index < -0.39 is 11.0 Å². The average molecular weight is 322 g/mol. The van der Waals surface area contributed by atoms with Crippen molar-refractivity contribution in [3.8, 4) is 0 Å². The lowest BCUT2D eigenvalue weighted by Crippen LogP contribution is -2.28. The molecule has 0 radical (unpaired) electrons. The molecule has 22 heavy (non-hydrogen) atoms. The lowest BCUT2D eigenvalue weighted by molar-refractivity contribution is 0.301. The molecule has 1 aliphatic heterocycles. The Kier molecular flexibility index (Phi) is 5.27. The molecule has 1 unspecified atom stereocenters. The molecule has 0 fully saturated rings. The highest BCUT2D eigenvalue weighted by molar-refractivity contribution is 7.87. The van der Waals surface area contributed by atoms with Gasteiger partial charge in [-0.05, 0) is 45.2 Å². The molecule has 0 bridgehead atoms. The van der Waals surface area contributed by atoms with Gasteiger partial charge in [-0.1, -0.05) is 26.0 Å². The van der Waals surface area contributed by atoms with E-state index in [9.17, 15) is 4.21 Å². The van der Waals surface area contributed by atoms with E-state index in [1.54, 1.807) is 0 Å². The number of hydrogen-bond donors (Lipinski definition) is 1. The Bertz CT molecular complexity index is 576. The fourth-order valence-electron chi connectivity index (χ4n) is 2.24. The average Bonchev–Trinajstić information content (AvgIpc) is 2.85. The van der Waals surface area contributed by atoms with Crippen molar-refractivity contribution < 1.29 is 8.95 Å². The Morgan fingerprint density at radius 3 is 2.68 bits per heavy atom. The van der Waals surface area contributed by atoms with E-state index >= 15 is 0 Å². The molecule has 0 aliphatic carbocycles. The number of hydrogen-bond acceptors (Lipinski definition) is 3. The van der Waals surface area contributed by atoms with Crippen LogP contribution in [-0.2, 0) is 15.7 Å². The van der Waals surface area contributed by atoms with Gasteiger partial charge in [0.15, 0.2) is 0 Å². The highest BCUT2D eigenvalue weighted by Gasteiger charge is 2.25. The Morgan fingerprint density at radius 2 is 2.05 bits per heavy atom.